The lowest BCUT2D eigenvalue weighted by Gasteiger charge is -2.18. The summed E-state index contributed by atoms with van der Waals surface area (Å²) in [4.78, 5) is 19.9. The standard InChI is InChI=1S/C27H26FN3O4S/c1-18(2)8-13-24-30-26(32)25(27(33)31(24)17-19-6-4-3-5-7-19)36(34,35)23-11-9-20(10-12-23)21-14-22(28)16-29-15-21/h3-7,9-12,14-16,18,33H,8,13,17H2,1-2H3. The third-order valence-electron chi connectivity index (χ3n) is 5.80. The highest BCUT2D eigenvalue weighted by Gasteiger charge is 2.29. The molecule has 0 saturated carbocycles. The molecule has 0 saturated heterocycles. The Morgan fingerprint density at radius 3 is 2.33 bits per heavy atom. The van der Waals surface area contributed by atoms with Crippen molar-refractivity contribution in [3.63, 3.8) is 0 Å². The summed E-state index contributed by atoms with van der Waals surface area (Å²) in [5, 5.41) is 11.1. The maximum Gasteiger partial charge on any atom is 0.296 e. The van der Waals surface area contributed by atoms with Gasteiger partial charge in [0.25, 0.3) is 5.56 Å². The van der Waals surface area contributed by atoms with Crippen molar-refractivity contribution in [3.8, 4) is 17.0 Å². The molecule has 0 bridgehead atoms. The molecule has 0 fully saturated rings. The molecule has 4 aromatic rings. The highest BCUT2D eigenvalue weighted by Crippen LogP contribution is 2.29. The summed E-state index contributed by atoms with van der Waals surface area (Å²) >= 11 is 0. The fraction of sp³-hybridized carbons (Fsp3) is 0.222. The maximum absolute atomic E-state index is 13.5. The first-order chi connectivity index (χ1) is 17.2. The first kappa shape index (κ1) is 25.2. The van der Waals surface area contributed by atoms with E-state index in [9.17, 15) is 22.7 Å². The van der Waals surface area contributed by atoms with Crippen LogP contribution in [0.5, 0.6) is 5.88 Å². The third kappa shape index (κ3) is 5.36. The van der Waals surface area contributed by atoms with Gasteiger partial charge in [-0.1, -0.05) is 56.3 Å². The Morgan fingerprint density at radius 1 is 1.00 bits per heavy atom. The molecular weight excluding hydrogens is 481 g/mol. The van der Waals surface area contributed by atoms with E-state index in [1.165, 1.54) is 41.1 Å². The van der Waals surface area contributed by atoms with E-state index in [4.69, 9.17) is 0 Å². The normalized spacial score (nSPS) is 11.7. The van der Waals surface area contributed by atoms with Gasteiger partial charge in [0.1, 0.15) is 11.6 Å². The molecule has 2 aromatic heterocycles. The van der Waals surface area contributed by atoms with Gasteiger partial charge in [0.05, 0.1) is 17.6 Å². The number of benzene rings is 2. The highest BCUT2D eigenvalue weighted by atomic mass is 32.2. The fourth-order valence-electron chi connectivity index (χ4n) is 3.86. The van der Waals surface area contributed by atoms with Crippen molar-refractivity contribution in [3.05, 3.63) is 101 Å². The van der Waals surface area contributed by atoms with E-state index in [1.54, 1.807) is 0 Å². The molecule has 186 valence electrons. The minimum absolute atomic E-state index is 0.154. The summed E-state index contributed by atoms with van der Waals surface area (Å²) in [7, 11) is -4.41. The molecule has 0 aliphatic rings. The second-order valence-electron chi connectivity index (χ2n) is 8.91. The number of halogens is 1. The van der Waals surface area contributed by atoms with Crippen molar-refractivity contribution >= 4 is 9.84 Å². The number of hydrogen-bond acceptors (Lipinski definition) is 6. The average Bonchev–Trinajstić information content (AvgIpc) is 2.85. The molecule has 0 aliphatic carbocycles. The van der Waals surface area contributed by atoms with Crippen molar-refractivity contribution in [1.82, 2.24) is 14.5 Å². The van der Waals surface area contributed by atoms with E-state index < -0.39 is 32.0 Å². The molecule has 0 aliphatic heterocycles. The second-order valence-corrected chi connectivity index (χ2v) is 10.8. The zero-order valence-electron chi connectivity index (χ0n) is 19.9. The summed E-state index contributed by atoms with van der Waals surface area (Å²) in [6.07, 6.45) is 3.65. The lowest BCUT2D eigenvalue weighted by atomic mass is 10.1. The predicted molar refractivity (Wildman–Crippen MR) is 134 cm³/mol. The lowest BCUT2D eigenvalue weighted by molar-refractivity contribution is 0.386. The number of pyridine rings is 1. The summed E-state index contributed by atoms with van der Waals surface area (Å²) in [5.41, 5.74) is 0.839. The number of aromatic nitrogens is 3. The largest absolute Gasteiger partial charge is 0.493 e. The van der Waals surface area contributed by atoms with Crippen LogP contribution in [0, 0.1) is 11.7 Å². The van der Waals surface area contributed by atoms with E-state index in [-0.39, 0.29) is 11.4 Å². The SMILES string of the molecule is CC(C)CCc1nc(=O)c(S(=O)(=O)c2ccc(-c3cncc(F)c3)cc2)c(O)n1Cc1ccccc1. The first-order valence-electron chi connectivity index (χ1n) is 11.5. The third-order valence-corrected chi connectivity index (χ3v) is 7.58. The quantitative estimate of drug-likeness (QED) is 0.373. The number of rotatable bonds is 8. The number of nitrogens with zero attached hydrogens (tertiary/aromatic N) is 3. The smallest absolute Gasteiger partial charge is 0.296 e. The van der Waals surface area contributed by atoms with Crippen LogP contribution in [-0.2, 0) is 22.8 Å². The van der Waals surface area contributed by atoms with Gasteiger partial charge in [0.2, 0.25) is 15.7 Å². The molecule has 0 unspecified atom stereocenters. The summed E-state index contributed by atoms with van der Waals surface area (Å²) in [6.45, 7) is 4.21. The van der Waals surface area contributed by atoms with E-state index in [1.807, 2.05) is 44.2 Å². The topological polar surface area (TPSA) is 102 Å². The molecule has 0 radical (unpaired) electrons. The van der Waals surface area contributed by atoms with Gasteiger partial charge < -0.3 is 5.11 Å². The predicted octanol–water partition coefficient (Wildman–Crippen LogP) is 4.62. The van der Waals surface area contributed by atoms with Gasteiger partial charge in [0, 0.05) is 18.2 Å². The highest BCUT2D eigenvalue weighted by molar-refractivity contribution is 7.91. The molecule has 2 aromatic carbocycles. The fourth-order valence-corrected chi connectivity index (χ4v) is 5.21. The second kappa shape index (κ2) is 10.4. The summed E-state index contributed by atoms with van der Waals surface area (Å²) < 4.78 is 41.9. The van der Waals surface area contributed by atoms with Gasteiger partial charge in [-0.15, -0.1) is 0 Å². The molecule has 0 amide bonds. The van der Waals surface area contributed by atoms with Crippen LogP contribution in [0.1, 0.15) is 31.7 Å². The molecule has 2 heterocycles. The minimum Gasteiger partial charge on any atom is -0.493 e. The van der Waals surface area contributed by atoms with E-state index in [2.05, 4.69) is 9.97 Å². The Hall–Kier alpha value is -3.85. The van der Waals surface area contributed by atoms with Gasteiger partial charge in [-0.25, -0.2) is 12.8 Å². The molecule has 4 rings (SSSR count). The molecule has 1 N–H and O–H groups in total. The Bertz CT molecular complexity index is 1530. The Morgan fingerprint density at radius 2 is 1.69 bits per heavy atom. The number of sulfone groups is 1. The maximum atomic E-state index is 13.5. The Labute approximate surface area is 208 Å². The number of aryl methyl sites for hydroxylation is 1. The van der Waals surface area contributed by atoms with Crippen LogP contribution < -0.4 is 5.56 Å². The zero-order valence-corrected chi connectivity index (χ0v) is 20.7. The molecule has 7 nitrogen and oxygen atoms in total. The van der Waals surface area contributed by atoms with Crippen molar-refractivity contribution in [2.24, 2.45) is 5.92 Å². The van der Waals surface area contributed by atoms with Gasteiger partial charge in [-0.2, -0.15) is 4.98 Å². The van der Waals surface area contributed by atoms with Crippen molar-refractivity contribution in [2.75, 3.05) is 0 Å². The molecule has 9 heteroatoms. The summed E-state index contributed by atoms with van der Waals surface area (Å²) in [5.74, 6) is -0.514. The Balaban J connectivity index is 1.79. The lowest BCUT2D eigenvalue weighted by Crippen LogP contribution is -2.25. The number of aromatic hydroxyl groups is 1. The molecular formula is C27H26FN3O4S. The van der Waals surface area contributed by atoms with Crippen LogP contribution in [0.2, 0.25) is 0 Å². The van der Waals surface area contributed by atoms with E-state index >= 15 is 0 Å². The van der Waals surface area contributed by atoms with Crippen LogP contribution in [0.25, 0.3) is 11.1 Å². The zero-order chi connectivity index (χ0) is 25.9. The molecule has 0 atom stereocenters. The Kier molecular flexibility index (Phi) is 7.30. The number of hydrogen-bond donors (Lipinski definition) is 1. The van der Waals surface area contributed by atoms with Crippen LogP contribution in [0.15, 0.2) is 87.6 Å². The van der Waals surface area contributed by atoms with E-state index in [0.717, 1.165) is 11.8 Å². The van der Waals surface area contributed by atoms with Gasteiger partial charge in [-0.05, 0) is 41.7 Å². The molecule has 36 heavy (non-hydrogen) atoms. The minimum atomic E-state index is -4.41. The van der Waals surface area contributed by atoms with Crippen LogP contribution in [-0.4, -0.2) is 28.1 Å². The van der Waals surface area contributed by atoms with Crippen molar-refractivity contribution in [2.45, 2.75) is 43.0 Å². The van der Waals surface area contributed by atoms with Gasteiger partial charge >= 0.3 is 0 Å². The summed E-state index contributed by atoms with van der Waals surface area (Å²) in [6, 6.07) is 16.1. The first-order valence-corrected chi connectivity index (χ1v) is 13.0. The van der Waals surface area contributed by atoms with Gasteiger partial charge in [-0.3, -0.25) is 14.3 Å². The molecule has 0 spiro atoms. The van der Waals surface area contributed by atoms with Crippen molar-refractivity contribution < 1.29 is 17.9 Å². The van der Waals surface area contributed by atoms with Crippen LogP contribution >= 0.6 is 0 Å². The van der Waals surface area contributed by atoms with Crippen LogP contribution in [0.3, 0.4) is 0 Å². The van der Waals surface area contributed by atoms with E-state index in [0.29, 0.717) is 35.7 Å². The van der Waals surface area contributed by atoms with Crippen molar-refractivity contribution in [1.29, 1.82) is 0 Å². The average molecular weight is 508 g/mol. The van der Waals surface area contributed by atoms with Crippen LogP contribution in [0.4, 0.5) is 4.39 Å². The van der Waals surface area contributed by atoms with Gasteiger partial charge in [0.15, 0.2) is 4.90 Å². The monoisotopic (exact) mass is 507 g/mol.